The van der Waals surface area contributed by atoms with Gasteiger partial charge < -0.3 is 18.5 Å². The molecule has 0 bridgehead atoms. The molecule has 0 radical (unpaired) electrons. The van der Waals surface area contributed by atoms with Crippen LogP contribution in [0.2, 0.25) is 0 Å². The first-order chi connectivity index (χ1) is 14.4. The van der Waals surface area contributed by atoms with Gasteiger partial charge in [-0.1, -0.05) is 5.16 Å². The number of aromatic nitrogens is 3. The van der Waals surface area contributed by atoms with Crippen LogP contribution in [0.5, 0.6) is 11.6 Å². The first kappa shape index (κ1) is 22.4. The van der Waals surface area contributed by atoms with E-state index in [1.54, 1.807) is 26.0 Å². The van der Waals surface area contributed by atoms with Crippen molar-refractivity contribution in [1.29, 1.82) is 0 Å². The van der Waals surface area contributed by atoms with Gasteiger partial charge in [0, 0.05) is 12.0 Å². The Morgan fingerprint density at radius 1 is 0.839 bits per heavy atom. The molecule has 3 rings (SSSR count). The fourth-order valence-electron chi connectivity index (χ4n) is 2.63. The molecule has 31 heavy (non-hydrogen) atoms. The topological polar surface area (TPSA) is 83.4 Å². The molecular weight excluding hydrogens is 436 g/mol. The number of ether oxygens (including phenoxy) is 2. The second-order valence-corrected chi connectivity index (χ2v) is 6.44. The largest absolute Gasteiger partial charge is 0.493 e. The van der Waals surface area contributed by atoms with Gasteiger partial charge in [-0.15, -0.1) is 0 Å². The summed E-state index contributed by atoms with van der Waals surface area (Å²) in [4.78, 5) is 3.35. The van der Waals surface area contributed by atoms with E-state index in [9.17, 15) is 26.3 Å². The van der Waals surface area contributed by atoms with Crippen molar-refractivity contribution in [3.63, 3.8) is 0 Å². The predicted molar refractivity (Wildman–Crippen MR) is 91.3 cm³/mol. The highest BCUT2D eigenvalue weighted by molar-refractivity contribution is 5.61. The molecule has 0 unspecified atom stereocenters. The molecule has 0 aliphatic rings. The molecule has 7 nitrogen and oxygen atoms in total. The maximum Gasteiger partial charge on any atom is 0.471 e. The molecule has 1 aromatic carbocycles. The summed E-state index contributed by atoms with van der Waals surface area (Å²) >= 11 is 0. The zero-order valence-corrected chi connectivity index (χ0v) is 16.1. The van der Waals surface area contributed by atoms with E-state index in [1.165, 1.54) is 0 Å². The third-order valence-corrected chi connectivity index (χ3v) is 3.94. The van der Waals surface area contributed by atoms with Crippen LogP contribution in [0.15, 0.2) is 27.2 Å². The van der Waals surface area contributed by atoms with Crippen LogP contribution in [0.25, 0.3) is 11.4 Å². The maximum atomic E-state index is 12.6. The minimum Gasteiger partial charge on any atom is -0.493 e. The lowest BCUT2D eigenvalue weighted by Gasteiger charge is -2.13. The summed E-state index contributed by atoms with van der Waals surface area (Å²) in [5.41, 5.74) is 1.58. The van der Waals surface area contributed by atoms with Gasteiger partial charge in [0.1, 0.15) is 5.75 Å². The van der Waals surface area contributed by atoms with Gasteiger partial charge in [-0.2, -0.15) is 31.3 Å². The van der Waals surface area contributed by atoms with Gasteiger partial charge in [0.15, 0.2) is 0 Å². The van der Waals surface area contributed by atoms with Crippen molar-refractivity contribution < 1.29 is 44.9 Å². The number of halogens is 6. The van der Waals surface area contributed by atoms with E-state index in [0.717, 1.165) is 0 Å². The number of rotatable bonds is 7. The minimum absolute atomic E-state index is 0.0308. The number of aryl methyl sites for hydroxylation is 2. The Balaban J connectivity index is 1.55. The summed E-state index contributed by atoms with van der Waals surface area (Å²) in [6, 6.07) is 3.76. The molecule has 3 aromatic rings. The van der Waals surface area contributed by atoms with Crippen molar-refractivity contribution >= 4 is 0 Å². The van der Waals surface area contributed by atoms with Gasteiger partial charge in [0.2, 0.25) is 11.6 Å². The summed E-state index contributed by atoms with van der Waals surface area (Å²) in [6.07, 6.45) is -9.05. The highest BCUT2D eigenvalue weighted by Gasteiger charge is 2.38. The summed E-state index contributed by atoms with van der Waals surface area (Å²) < 4.78 is 94.3. The third kappa shape index (κ3) is 5.47. The Kier molecular flexibility index (Phi) is 6.13. The van der Waals surface area contributed by atoms with Crippen LogP contribution < -0.4 is 9.47 Å². The van der Waals surface area contributed by atoms with Crippen molar-refractivity contribution in [2.24, 2.45) is 0 Å². The van der Waals surface area contributed by atoms with Gasteiger partial charge in [-0.05, 0) is 42.3 Å². The Hall–Kier alpha value is -3.25. The second kappa shape index (κ2) is 8.47. The molecule has 0 spiro atoms. The quantitative estimate of drug-likeness (QED) is 0.359. The second-order valence-electron chi connectivity index (χ2n) is 6.44. The van der Waals surface area contributed by atoms with E-state index in [-0.39, 0.29) is 24.9 Å². The summed E-state index contributed by atoms with van der Waals surface area (Å²) in [6.45, 7) is 3.59. The zero-order valence-electron chi connectivity index (χ0n) is 16.1. The SMILES string of the molecule is Cc1cc(-c2noc(C(F)(F)F)n2)cc(C)c1OCCCOc1cc(C(F)(F)F)on1. The zero-order chi connectivity index (χ0) is 22.8. The Morgan fingerprint density at radius 3 is 2.03 bits per heavy atom. The van der Waals surface area contributed by atoms with Crippen LogP contribution in [0, 0.1) is 13.8 Å². The van der Waals surface area contributed by atoms with E-state index in [2.05, 4.69) is 24.3 Å². The molecule has 0 amide bonds. The molecule has 2 aromatic heterocycles. The number of hydrogen-bond acceptors (Lipinski definition) is 7. The summed E-state index contributed by atoms with van der Waals surface area (Å²) in [5.74, 6) is -2.68. The molecule has 0 N–H and O–H groups in total. The van der Waals surface area contributed by atoms with E-state index in [1.807, 2.05) is 0 Å². The molecular formula is C18H15F6N3O4. The average Bonchev–Trinajstić information content (AvgIpc) is 3.32. The van der Waals surface area contributed by atoms with Crippen molar-refractivity contribution in [3.05, 3.63) is 41.0 Å². The Labute approximate surface area is 170 Å². The van der Waals surface area contributed by atoms with Crippen molar-refractivity contribution in [3.8, 4) is 23.0 Å². The maximum absolute atomic E-state index is 12.6. The van der Waals surface area contributed by atoms with Gasteiger partial charge in [-0.3, -0.25) is 0 Å². The van der Waals surface area contributed by atoms with E-state index >= 15 is 0 Å². The Morgan fingerprint density at radius 2 is 1.48 bits per heavy atom. The lowest BCUT2D eigenvalue weighted by Crippen LogP contribution is -2.07. The summed E-state index contributed by atoms with van der Waals surface area (Å²) in [5, 5.41) is 6.52. The molecule has 168 valence electrons. The Bertz CT molecular complexity index is 1020. The number of alkyl halides is 6. The van der Waals surface area contributed by atoms with E-state index in [0.29, 0.717) is 34.9 Å². The predicted octanol–water partition coefficient (Wildman–Crippen LogP) is 5.23. The molecule has 0 saturated carbocycles. The van der Waals surface area contributed by atoms with Crippen LogP contribution in [-0.4, -0.2) is 28.5 Å². The molecule has 0 aliphatic heterocycles. The molecule has 2 heterocycles. The van der Waals surface area contributed by atoms with E-state index in [4.69, 9.17) is 9.47 Å². The smallest absolute Gasteiger partial charge is 0.471 e. The molecule has 13 heteroatoms. The van der Waals surface area contributed by atoms with Crippen molar-refractivity contribution in [1.82, 2.24) is 15.3 Å². The molecule has 0 fully saturated rings. The third-order valence-electron chi connectivity index (χ3n) is 3.94. The van der Waals surface area contributed by atoms with Gasteiger partial charge in [0.25, 0.3) is 5.88 Å². The summed E-state index contributed by atoms with van der Waals surface area (Å²) in [7, 11) is 0. The molecule has 0 aliphatic carbocycles. The number of benzene rings is 1. The van der Waals surface area contributed by atoms with Crippen molar-refractivity contribution in [2.75, 3.05) is 13.2 Å². The van der Waals surface area contributed by atoms with E-state index < -0.39 is 24.0 Å². The molecule has 0 atom stereocenters. The normalized spacial score (nSPS) is 12.3. The average molecular weight is 451 g/mol. The lowest BCUT2D eigenvalue weighted by molar-refractivity contribution is -0.159. The minimum atomic E-state index is -4.74. The molecule has 0 saturated heterocycles. The highest BCUT2D eigenvalue weighted by Crippen LogP contribution is 2.33. The number of hydrogen-bond donors (Lipinski definition) is 0. The number of nitrogens with zero attached hydrogens (tertiary/aromatic N) is 3. The van der Waals surface area contributed by atoms with Crippen LogP contribution in [0.3, 0.4) is 0 Å². The van der Waals surface area contributed by atoms with Gasteiger partial charge >= 0.3 is 18.2 Å². The van der Waals surface area contributed by atoms with Gasteiger partial charge in [-0.25, -0.2) is 0 Å². The standard InChI is InChI=1S/C18H15F6N3O4/c1-9-6-11(15-25-16(31-27-15)18(22,23)24)7-10(2)14(9)29-5-3-4-28-13-8-12(30-26-13)17(19,20)21/h6-8H,3-5H2,1-2H3. The fourth-order valence-corrected chi connectivity index (χ4v) is 2.63. The lowest BCUT2D eigenvalue weighted by atomic mass is 10.1. The van der Waals surface area contributed by atoms with Gasteiger partial charge in [0.05, 0.1) is 19.3 Å². The monoisotopic (exact) mass is 451 g/mol. The van der Waals surface area contributed by atoms with Crippen LogP contribution in [0.4, 0.5) is 26.3 Å². The van der Waals surface area contributed by atoms with Crippen LogP contribution >= 0.6 is 0 Å². The first-order valence-electron chi connectivity index (χ1n) is 8.77. The van der Waals surface area contributed by atoms with Crippen LogP contribution in [0.1, 0.15) is 29.2 Å². The highest BCUT2D eigenvalue weighted by atomic mass is 19.4. The van der Waals surface area contributed by atoms with Crippen LogP contribution in [-0.2, 0) is 12.4 Å². The first-order valence-corrected chi connectivity index (χ1v) is 8.77. The fraction of sp³-hybridized carbons (Fsp3) is 0.389. The van der Waals surface area contributed by atoms with Crippen molar-refractivity contribution in [2.45, 2.75) is 32.6 Å².